The molecule has 0 radical (unpaired) electrons. The van der Waals surface area contributed by atoms with Crippen molar-refractivity contribution in [3.63, 3.8) is 0 Å². The summed E-state index contributed by atoms with van der Waals surface area (Å²) in [7, 11) is 0. The van der Waals surface area contributed by atoms with Crippen LogP contribution in [0.5, 0.6) is 0 Å². The topological polar surface area (TPSA) is 82.1 Å². The average molecular weight is 396 g/mol. The molecule has 8 heteroatoms. The number of carbonyl (C=O) groups is 1. The van der Waals surface area contributed by atoms with Crippen molar-refractivity contribution in [1.82, 2.24) is 19.7 Å². The second-order valence-electron chi connectivity index (χ2n) is 6.63. The van der Waals surface area contributed by atoms with Crippen LogP contribution in [0.1, 0.15) is 22.3 Å². The van der Waals surface area contributed by atoms with Crippen LogP contribution < -0.4 is 11.1 Å². The fourth-order valence-corrected chi connectivity index (χ4v) is 4.14. The molecule has 4 aromatic rings. The number of thiophene rings is 1. The molecule has 1 aromatic carbocycles. The number of fused-ring (bicyclic) bond motifs is 1. The standard InChI is InChI=1S/C20H20N4O3S/c1-13-10-14(2)24(22-13)16(18-8-5-9-28-18)11-21-19(25)12-23-15-6-3-4-7-17(15)27-20(23)26/h3-10,16H,11-12H2,1-2H3,(H,21,25). The van der Waals surface area contributed by atoms with E-state index in [-0.39, 0.29) is 18.5 Å². The zero-order valence-corrected chi connectivity index (χ0v) is 16.4. The number of oxazole rings is 1. The molecule has 0 bridgehead atoms. The Morgan fingerprint density at radius 3 is 2.79 bits per heavy atom. The molecule has 1 amide bonds. The van der Waals surface area contributed by atoms with Gasteiger partial charge in [-0.05, 0) is 43.5 Å². The van der Waals surface area contributed by atoms with E-state index in [1.165, 1.54) is 4.57 Å². The number of para-hydroxylation sites is 2. The summed E-state index contributed by atoms with van der Waals surface area (Å²) in [6.07, 6.45) is 0. The zero-order valence-electron chi connectivity index (χ0n) is 15.6. The lowest BCUT2D eigenvalue weighted by Crippen LogP contribution is -2.35. The molecule has 0 saturated heterocycles. The number of hydrogen-bond acceptors (Lipinski definition) is 5. The van der Waals surface area contributed by atoms with Gasteiger partial charge in [-0.25, -0.2) is 4.79 Å². The van der Waals surface area contributed by atoms with Crippen molar-refractivity contribution >= 4 is 28.3 Å². The van der Waals surface area contributed by atoms with Gasteiger partial charge < -0.3 is 9.73 Å². The minimum Gasteiger partial charge on any atom is -0.408 e. The smallest absolute Gasteiger partial charge is 0.408 e. The summed E-state index contributed by atoms with van der Waals surface area (Å²) in [6, 6.07) is 13.0. The molecule has 0 aliphatic rings. The molecule has 1 atom stereocenters. The van der Waals surface area contributed by atoms with Crippen LogP contribution in [-0.4, -0.2) is 26.8 Å². The first-order valence-corrected chi connectivity index (χ1v) is 9.82. The van der Waals surface area contributed by atoms with Crippen molar-refractivity contribution < 1.29 is 9.21 Å². The summed E-state index contributed by atoms with van der Waals surface area (Å²) in [4.78, 5) is 25.7. The van der Waals surface area contributed by atoms with Gasteiger partial charge in [0, 0.05) is 17.1 Å². The fourth-order valence-electron chi connectivity index (χ4n) is 3.32. The number of aryl methyl sites for hydroxylation is 2. The van der Waals surface area contributed by atoms with Crippen molar-refractivity contribution in [3.8, 4) is 0 Å². The predicted molar refractivity (Wildman–Crippen MR) is 108 cm³/mol. The van der Waals surface area contributed by atoms with E-state index >= 15 is 0 Å². The first-order valence-electron chi connectivity index (χ1n) is 8.94. The van der Waals surface area contributed by atoms with Crippen LogP contribution in [0.2, 0.25) is 0 Å². The van der Waals surface area contributed by atoms with Gasteiger partial charge in [0.05, 0.1) is 11.2 Å². The Labute approximate surface area is 165 Å². The molecular formula is C20H20N4O3S. The van der Waals surface area contributed by atoms with Gasteiger partial charge in [0.2, 0.25) is 5.91 Å². The number of benzene rings is 1. The van der Waals surface area contributed by atoms with Gasteiger partial charge in [0.1, 0.15) is 12.6 Å². The summed E-state index contributed by atoms with van der Waals surface area (Å²) >= 11 is 1.62. The average Bonchev–Trinajstić information content (AvgIpc) is 3.37. The highest BCUT2D eigenvalue weighted by atomic mass is 32.1. The minimum atomic E-state index is -0.537. The highest BCUT2D eigenvalue weighted by Gasteiger charge is 2.20. The lowest BCUT2D eigenvalue weighted by molar-refractivity contribution is -0.121. The summed E-state index contributed by atoms with van der Waals surface area (Å²) in [5.74, 6) is -0.790. The lowest BCUT2D eigenvalue weighted by atomic mass is 10.2. The van der Waals surface area contributed by atoms with Gasteiger partial charge in [-0.3, -0.25) is 14.0 Å². The number of carbonyl (C=O) groups excluding carboxylic acids is 1. The largest absolute Gasteiger partial charge is 0.420 e. The molecule has 1 N–H and O–H groups in total. The van der Waals surface area contributed by atoms with E-state index in [1.807, 2.05) is 42.1 Å². The van der Waals surface area contributed by atoms with Crippen molar-refractivity contribution in [1.29, 1.82) is 0 Å². The zero-order chi connectivity index (χ0) is 19.7. The number of hydrogen-bond donors (Lipinski definition) is 1. The van der Waals surface area contributed by atoms with Crippen molar-refractivity contribution in [2.24, 2.45) is 0 Å². The first kappa shape index (κ1) is 18.2. The third-order valence-corrected chi connectivity index (χ3v) is 5.55. The second kappa shape index (κ2) is 7.47. The van der Waals surface area contributed by atoms with Crippen molar-refractivity contribution in [2.45, 2.75) is 26.4 Å². The van der Waals surface area contributed by atoms with Crippen molar-refractivity contribution in [3.05, 3.63) is 74.7 Å². The molecule has 3 heterocycles. The molecule has 28 heavy (non-hydrogen) atoms. The van der Waals surface area contributed by atoms with Crippen LogP contribution in [0.15, 0.2) is 57.1 Å². The third kappa shape index (κ3) is 3.50. The molecule has 144 valence electrons. The van der Waals surface area contributed by atoms with Gasteiger partial charge in [-0.15, -0.1) is 11.3 Å². The second-order valence-corrected chi connectivity index (χ2v) is 7.61. The Morgan fingerprint density at radius 2 is 2.07 bits per heavy atom. The van der Waals surface area contributed by atoms with Gasteiger partial charge in [0.15, 0.2) is 5.58 Å². The van der Waals surface area contributed by atoms with E-state index in [2.05, 4.69) is 10.4 Å². The first-order chi connectivity index (χ1) is 13.5. The van der Waals surface area contributed by atoms with Gasteiger partial charge in [-0.1, -0.05) is 18.2 Å². The number of aromatic nitrogens is 3. The fraction of sp³-hybridized carbons (Fsp3) is 0.250. The van der Waals surface area contributed by atoms with E-state index in [1.54, 1.807) is 35.6 Å². The molecular weight excluding hydrogens is 376 g/mol. The molecule has 0 aliphatic heterocycles. The Kier molecular flexibility index (Phi) is 4.87. The molecule has 0 fully saturated rings. The Morgan fingerprint density at radius 1 is 1.25 bits per heavy atom. The normalized spacial score (nSPS) is 12.4. The van der Waals surface area contributed by atoms with E-state index in [0.29, 0.717) is 17.6 Å². The molecule has 4 rings (SSSR count). The number of amides is 1. The Hall–Kier alpha value is -3.13. The van der Waals surface area contributed by atoms with Gasteiger partial charge in [-0.2, -0.15) is 5.10 Å². The van der Waals surface area contributed by atoms with E-state index in [0.717, 1.165) is 16.3 Å². The molecule has 1 unspecified atom stereocenters. The molecule has 0 saturated carbocycles. The number of rotatable bonds is 6. The van der Waals surface area contributed by atoms with E-state index in [4.69, 9.17) is 4.42 Å². The predicted octanol–water partition coefficient (Wildman–Crippen LogP) is 2.88. The lowest BCUT2D eigenvalue weighted by Gasteiger charge is -2.19. The van der Waals surface area contributed by atoms with Crippen LogP contribution in [0.25, 0.3) is 11.1 Å². The molecule has 7 nitrogen and oxygen atoms in total. The van der Waals surface area contributed by atoms with Crippen LogP contribution in [0.3, 0.4) is 0 Å². The Bertz CT molecular complexity index is 1170. The molecule has 0 spiro atoms. The van der Waals surface area contributed by atoms with E-state index in [9.17, 15) is 9.59 Å². The van der Waals surface area contributed by atoms with E-state index < -0.39 is 5.76 Å². The minimum absolute atomic E-state index is 0.0931. The SMILES string of the molecule is Cc1cc(C)n(C(CNC(=O)Cn2c(=O)oc3ccccc32)c2cccs2)n1. The summed E-state index contributed by atoms with van der Waals surface area (Å²) < 4.78 is 8.46. The van der Waals surface area contributed by atoms with Crippen LogP contribution in [-0.2, 0) is 11.3 Å². The molecule has 0 aliphatic carbocycles. The highest BCUT2D eigenvalue weighted by molar-refractivity contribution is 7.10. The van der Waals surface area contributed by atoms with Gasteiger partial charge >= 0.3 is 5.76 Å². The highest BCUT2D eigenvalue weighted by Crippen LogP contribution is 2.24. The third-order valence-electron chi connectivity index (χ3n) is 4.58. The summed E-state index contributed by atoms with van der Waals surface area (Å²) in [6.45, 7) is 4.24. The molecule has 3 aromatic heterocycles. The maximum absolute atomic E-state index is 12.6. The Balaban J connectivity index is 1.52. The summed E-state index contributed by atoms with van der Waals surface area (Å²) in [5.41, 5.74) is 3.04. The number of nitrogens with one attached hydrogen (secondary N) is 1. The van der Waals surface area contributed by atoms with Crippen LogP contribution >= 0.6 is 11.3 Å². The van der Waals surface area contributed by atoms with Crippen molar-refractivity contribution in [2.75, 3.05) is 6.54 Å². The van der Waals surface area contributed by atoms with Gasteiger partial charge in [0.25, 0.3) is 0 Å². The monoisotopic (exact) mass is 396 g/mol. The maximum Gasteiger partial charge on any atom is 0.420 e. The summed E-state index contributed by atoms with van der Waals surface area (Å²) in [5, 5.41) is 9.53. The van der Waals surface area contributed by atoms with Crippen LogP contribution in [0, 0.1) is 13.8 Å². The maximum atomic E-state index is 12.6. The quantitative estimate of drug-likeness (QED) is 0.543. The number of nitrogens with zero attached hydrogens (tertiary/aromatic N) is 3. The van der Waals surface area contributed by atoms with Crippen LogP contribution in [0.4, 0.5) is 0 Å².